The number of benzene rings is 3. The van der Waals surface area contributed by atoms with E-state index in [1.165, 1.54) is 0 Å². The minimum absolute atomic E-state index is 0.171. The van der Waals surface area contributed by atoms with Crippen LogP contribution in [0.15, 0.2) is 71.8 Å². The lowest BCUT2D eigenvalue weighted by atomic mass is 10.1. The smallest absolute Gasteiger partial charge is 0.376 e. The number of halogens is 1. The van der Waals surface area contributed by atoms with Gasteiger partial charge in [-0.05, 0) is 67.6 Å². The molecule has 0 radical (unpaired) electrons. The first-order chi connectivity index (χ1) is 17.4. The lowest BCUT2D eigenvalue weighted by molar-refractivity contribution is -0.135. The Morgan fingerprint density at radius 3 is 2.17 bits per heavy atom. The number of methoxy groups -OCH3 is 2. The molecule has 0 aliphatic carbocycles. The van der Waals surface area contributed by atoms with Crippen LogP contribution in [0.4, 0.5) is 17.1 Å². The largest absolute Gasteiger partial charge is 0.493 e. The zero-order chi connectivity index (χ0) is 25.8. The highest BCUT2D eigenvalue weighted by Crippen LogP contribution is 2.42. The van der Waals surface area contributed by atoms with E-state index in [9.17, 15) is 4.79 Å². The average Bonchev–Trinajstić information content (AvgIpc) is 3.29. The Balaban J connectivity index is 1.91. The van der Waals surface area contributed by atoms with Gasteiger partial charge in [0, 0.05) is 36.1 Å². The van der Waals surface area contributed by atoms with Crippen molar-refractivity contribution in [1.29, 1.82) is 0 Å². The lowest BCUT2D eigenvalue weighted by Gasteiger charge is -2.32. The summed E-state index contributed by atoms with van der Waals surface area (Å²) in [5.74, 6) is 0.824. The van der Waals surface area contributed by atoms with Crippen LogP contribution >= 0.6 is 11.6 Å². The van der Waals surface area contributed by atoms with E-state index in [0.29, 0.717) is 16.5 Å². The fraction of sp³-hybridized carbons (Fsp3) is 0.259. The van der Waals surface area contributed by atoms with Gasteiger partial charge in [0.2, 0.25) is 5.84 Å². The first kappa shape index (κ1) is 25.2. The van der Waals surface area contributed by atoms with Crippen molar-refractivity contribution < 1.29 is 19.0 Å². The minimum Gasteiger partial charge on any atom is -0.493 e. The number of nitrogens with zero attached hydrogens (tertiary/aromatic N) is 4. The number of rotatable bonds is 8. The number of hydrogen-bond acceptors (Lipinski definition) is 8. The van der Waals surface area contributed by atoms with Crippen LogP contribution in [0.2, 0.25) is 5.02 Å². The van der Waals surface area contributed by atoms with Crippen molar-refractivity contribution in [3.63, 3.8) is 0 Å². The van der Waals surface area contributed by atoms with Crippen LogP contribution in [0.1, 0.15) is 18.7 Å². The molecule has 1 heterocycles. The van der Waals surface area contributed by atoms with Gasteiger partial charge >= 0.3 is 5.97 Å². The third-order valence-corrected chi connectivity index (χ3v) is 6.06. The van der Waals surface area contributed by atoms with Gasteiger partial charge in [-0.15, -0.1) is 5.10 Å². The molecule has 0 aromatic heterocycles. The van der Waals surface area contributed by atoms with Crippen LogP contribution in [0.3, 0.4) is 0 Å². The summed E-state index contributed by atoms with van der Waals surface area (Å²) in [6.07, 6.45) is -0.518. The predicted octanol–water partition coefficient (Wildman–Crippen LogP) is 5.33. The molecule has 1 aliphatic heterocycles. The highest BCUT2D eigenvalue weighted by atomic mass is 35.5. The number of hydrogen-bond donors (Lipinski definition) is 0. The van der Waals surface area contributed by atoms with Gasteiger partial charge in [0.15, 0.2) is 17.7 Å². The summed E-state index contributed by atoms with van der Waals surface area (Å²) >= 11 is 6.16. The first-order valence-electron chi connectivity index (χ1n) is 11.5. The molecule has 0 saturated heterocycles. The number of esters is 1. The normalized spacial score (nSPS) is 14.9. The summed E-state index contributed by atoms with van der Waals surface area (Å²) in [4.78, 5) is 17.0. The molecule has 9 heteroatoms. The average molecular weight is 509 g/mol. The van der Waals surface area contributed by atoms with E-state index in [1.54, 1.807) is 38.3 Å². The van der Waals surface area contributed by atoms with Crippen LogP contribution in [-0.4, -0.2) is 46.7 Å². The molecule has 3 aromatic carbocycles. The third-order valence-electron chi connectivity index (χ3n) is 5.81. The highest BCUT2D eigenvalue weighted by molar-refractivity contribution is 6.42. The maximum Gasteiger partial charge on any atom is 0.376 e. The molecule has 0 saturated carbocycles. The monoisotopic (exact) mass is 508 g/mol. The van der Waals surface area contributed by atoms with Gasteiger partial charge in [-0.25, -0.2) is 9.80 Å². The van der Waals surface area contributed by atoms with E-state index in [0.717, 1.165) is 22.6 Å². The van der Waals surface area contributed by atoms with Gasteiger partial charge in [0.25, 0.3) is 0 Å². The summed E-state index contributed by atoms with van der Waals surface area (Å²) in [7, 11) is 7.13. The van der Waals surface area contributed by atoms with E-state index in [1.807, 2.05) is 78.5 Å². The predicted molar refractivity (Wildman–Crippen MR) is 144 cm³/mol. The number of carbonyl (C=O) groups excluding carboxylic acids is 1. The molecule has 36 heavy (non-hydrogen) atoms. The van der Waals surface area contributed by atoms with Gasteiger partial charge in [-0.3, -0.25) is 4.90 Å². The van der Waals surface area contributed by atoms with Crippen molar-refractivity contribution in [2.24, 2.45) is 5.10 Å². The fourth-order valence-corrected chi connectivity index (χ4v) is 4.16. The molecule has 3 aromatic rings. The molecule has 0 unspecified atom stereocenters. The van der Waals surface area contributed by atoms with Crippen molar-refractivity contribution in [1.82, 2.24) is 0 Å². The van der Waals surface area contributed by atoms with Crippen molar-refractivity contribution in [2.45, 2.75) is 13.1 Å². The second-order valence-corrected chi connectivity index (χ2v) is 8.67. The van der Waals surface area contributed by atoms with Crippen LogP contribution in [0.5, 0.6) is 11.5 Å². The SMILES string of the molecule is CCOC(=O)C1=NN(c2ccc(Cl)cc2)[C@@H](c2ccc(OC)c(OC)c2)N1c1ccc(N(C)C)cc1. The molecule has 0 N–H and O–H groups in total. The molecule has 0 fully saturated rings. The van der Waals surface area contributed by atoms with E-state index in [4.69, 9.17) is 30.9 Å². The van der Waals surface area contributed by atoms with Crippen molar-refractivity contribution in [3.05, 3.63) is 77.3 Å². The molecule has 0 spiro atoms. The fourth-order valence-electron chi connectivity index (χ4n) is 4.04. The van der Waals surface area contributed by atoms with E-state index in [-0.39, 0.29) is 12.4 Å². The third kappa shape index (κ3) is 4.90. The molecule has 4 rings (SSSR count). The zero-order valence-electron chi connectivity index (χ0n) is 20.9. The topological polar surface area (TPSA) is 66.8 Å². The molecular weight excluding hydrogens is 480 g/mol. The number of ether oxygens (including phenoxy) is 3. The number of amidine groups is 1. The van der Waals surface area contributed by atoms with E-state index >= 15 is 0 Å². The Morgan fingerprint density at radius 1 is 0.944 bits per heavy atom. The molecule has 188 valence electrons. The van der Waals surface area contributed by atoms with Crippen molar-refractivity contribution in [3.8, 4) is 11.5 Å². The Morgan fingerprint density at radius 2 is 1.58 bits per heavy atom. The van der Waals surface area contributed by atoms with Gasteiger partial charge in [0.1, 0.15) is 0 Å². The minimum atomic E-state index is -0.518. The van der Waals surface area contributed by atoms with E-state index in [2.05, 4.69) is 0 Å². The number of carbonyl (C=O) groups is 1. The molecule has 1 aliphatic rings. The van der Waals surface area contributed by atoms with Crippen molar-refractivity contribution in [2.75, 3.05) is 49.7 Å². The molecule has 0 bridgehead atoms. The summed E-state index contributed by atoms with van der Waals surface area (Å²) in [5.41, 5.74) is 3.41. The summed E-state index contributed by atoms with van der Waals surface area (Å²) < 4.78 is 16.4. The highest BCUT2D eigenvalue weighted by Gasteiger charge is 2.41. The van der Waals surface area contributed by atoms with Gasteiger partial charge < -0.3 is 19.1 Å². The van der Waals surface area contributed by atoms with Gasteiger partial charge in [0.05, 0.1) is 26.5 Å². The van der Waals surface area contributed by atoms with Crippen LogP contribution < -0.4 is 24.3 Å². The first-order valence-corrected chi connectivity index (χ1v) is 11.8. The number of anilines is 3. The van der Waals surface area contributed by atoms with Crippen molar-refractivity contribution >= 4 is 40.5 Å². The van der Waals surface area contributed by atoms with Gasteiger partial charge in [-0.2, -0.15) is 0 Å². The molecular formula is C27H29ClN4O4. The van der Waals surface area contributed by atoms with Crippen LogP contribution in [0.25, 0.3) is 0 Å². The Kier molecular flexibility index (Phi) is 7.55. The number of hydrazone groups is 1. The second-order valence-electron chi connectivity index (χ2n) is 8.23. The quantitative estimate of drug-likeness (QED) is 0.381. The van der Waals surface area contributed by atoms with Gasteiger partial charge in [-0.1, -0.05) is 17.7 Å². The van der Waals surface area contributed by atoms with E-state index < -0.39 is 12.1 Å². The van der Waals surface area contributed by atoms with Crippen LogP contribution in [-0.2, 0) is 9.53 Å². The zero-order valence-corrected chi connectivity index (χ0v) is 21.7. The molecule has 0 amide bonds. The molecule has 1 atom stereocenters. The summed E-state index contributed by atoms with van der Waals surface area (Å²) in [6.45, 7) is 2.00. The summed E-state index contributed by atoms with van der Waals surface area (Å²) in [5, 5.41) is 7.14. The lowest BCUT2D eigenvalue weighted by Crippen LogP contribution is -2.39. The Hall–Kier alpha value is -3.91. The Labute approximate surface area is 216 Å². The summed E-state index contributed by atoms with van der Waals surface area (Å²) in [6, 6.07) is 20.9. The van der Waals surface area contributed by atoms with Crippen LogP contribution in [0, 0.1) is 0 Å². The second kappa shape index (κ2) is 10.8. The molecule has 8 nitrogen and oxygen atoms in total. The maximum atomic E-state index is 13.1. The maximum absolute atomic E-state index is 13.1. The standard InChI is InChI=1S/C27H29ClN4O4/c1-6-36-27(33)25-29-32(22-10-8-19(28)9-11-22)26(18-7-16-23(34-4)24(17-18)35-5)31(25)21-14-12-20(13-15-21)30(2)3/h7-17,26H,6H2,1-5H3/t26-/m0/s1. The Bertz CT molecular complexity index is 1250.